The molecule has 0 fully saturated rings. The zero-order chi connectivity index (χ0) is 7.56. The summed E-state index contributed by atoms with van der Waals surface area (Å²) in [5, 5.41) is 0. The van der Waals surface area contributed by atoms with Gasteiger partial charge in [0.25, 0.3) is 0 Å². The van der Waals surface area contributed by atoms with Crippen LogP contribution in [-0.4, -0.2) is 0 Å². The Morgan fingerprint density at radius 1 is 1.20 bits per heavy atom. The van der Waals surface area contributed by atoms with Crippen molar-refractivity contribution in [1.29, 1.82) is 0 Å². The fraction of sp³-hybridized carbons (Fsp3) is 0. The highest BCUT2D eigenvalue weighted by molar-refractivity contribution is 14.1. The summed E-state index contributed by atoms with van der Waals surface area (Å²) in [6, 6.07) is 6.16. The van der Waals surface area contributed by atoms with Gasteiger partial charge in [-0.1, -0.05) is 6.07 Å². The first-order valence-electron chi connectivity index (χ1n) is 2.56. The number of benzene rings is 1. The third kappa shape index (κ3) is 1.97. The normalized spacial score (nSPS) is 9.50. The molecule has 0 amide bonds. The van der Waals surface area contributed by atoms with Crippen LogP contribution in [0.3, 0.4) is 0 Å². The monoisotopic (exact) mass is 423 g/mol. The first-order valence-corrected chi connectivity index (χ1v) is 5.51. The molecule has 0 aliphatic carbocycles. The average Bonchev–Trinajstić information content (AvgIpc) is 1.88. The van der Waals surface area contributed by atoms with Crippen LogP contribution in [0.4, 0.5) is 5.69 Å². The molecule has 1 nitrogen and oxygen atoms in total. The minimum absolute atomic E-state index is 1.14. The second-order valence-electron chi connectivity index (χ2n) is 1.69. The minimum Gasteiger partial charge on any atom is -0.320 e. The Morgan fingerprint density at radius 2 is 1.70 bits per heavy atom. The van der Waals surface area contributed by atoms with E-state index in [1.54, 1.807) is 0 Å². The van der Waals surface area contributed by atoms with E-state index in [4.69, 9.17) is 0 Å². The summed E-state index contributed by atoms with van der Waals surface area (Å²) in [5.74, 6) is 0. The molecule has 0 unspecified atom stereocenters. The lowest BCUT2D eigenvalue weighted by atomic mass is 10.3. The van der Waals surface area contributed by atoms with E-state index in [-0.39, 0.29) is 0 Å². The molecule has 4 heteroatoms. The Morgan fingerprint density at radius 3 is 2.00 bits per heavy atom. The lowest BCUT2D eigenvalue weighted by Gasteiger charge is -2.02. The predicted molar refractivity (Wildman–Crippen MR) is 64.4 cm³/mol. The number of hydrogen-bond acceptors (Lipinski definition) is 1. The summed E-state index contributed by atoms with van der Waals surface area (Å²) < 4.78 is 5.41. The maximum Gasteiger partial charge on any atom is 0.0710 e. The Kier molecular flexibility index (Phi) is 3.71. The molecule has 0 saturated heterocycles. The molecule has 0 spiro atoms. The molecule has 0 saturated carbocycles. The Hall–Kier alpha value is 0.960. The van der Waals surface area contributed by atoms with Crippen LogP contribution in [0.2, 0.25) is 0 Å². The Bertz CT molecular complexity index is 219. The molecule has 0 heterocycles. The molecule has 1 aromatic rings. The van der Waals surface area contributed by atoms with Crippen molar-refractivity contribution in [2.24, 2.45) is 0 Å². The van der Waals surface area contributed by atoms with Gasteiger partial charge in [0.15, 0.2) is 0 Å². The first-order chi connectivity index (χ1) is 4.75. The van der Waals surface area contributed by atoms with E-state index in [9.17, 15) is 0 Å². The number of nitrogens with one attached hydrogen (secondary N) is 1. The van der Waals surface area contributed by atoms with E-state index in [0.29, 0.717) is 0 Å². The molecule has 1 rings (SSSR count). The van der Waals surface area contributed by atoms with Crippen LogP contribution in [-0.2, 0) is 0 Å². The summed E-state index contributed by atoms with van der Waals surface area (Å²) in [6.45, 7) is 0. The lowest BCUT2D eigenvalue weighted by Crippen LogP contribution is -1.87. The smallest absolute Gasteiger partial charge is 0.0710 e. The number of para-hydroxylation sites is 1. The van der Waals surface area contributed by atoms with E-state index < -0.39 is 0 Å². The maximum absolute atomic E-state index is 3.20. The highest BCUT2D eigenvalue weighted by Crippen LogP contribution is 2.24. The van der Waals surface area contributed by atoms with Crippen LogP contribution in [0.25, 0.3) is 0 Å². The number of halogens is 3. The molecular weight excluding hydrogens is 420 g/mol. The number of hydrogen-bond donors (Lipinski definition) is 1. The standard InChI is InChI=1S/C6H4BrI2N/c7-10-6-4(8)2-1-3-5(6)9/h1-3,10H. The first kappa shape index (κ1) is 9.05. The minimum atomic E-state index is 1.14. The van der Waals surface area contributed by atoms with Gasteiger partial charge in [0.05, 0.1) is 5.69 Å². The number of rotatable bonds is 1. The molecular formula is C6H4BrI2N. The molecule has 1 N–H and O–H groups in total. The van der Waals surface area contributed by atoms with E-state index in [0.717, 1.165) is 5.69 Å². The van der Waals surface area contributed by atoms with E-state index in [2.05, 4.69) is 77.8 Å². The third-order valence-electron chi connectivity index (χ3n) is 1.06. The largest absolute Gasteiger partial charge is 0.320 e. The molecule has 54 valence electrons. The van der Waals surface area contributed by atoms with E-state index in [1.165, 1.54) is 7.14 Å². The Balaban J connectivity index is 3.17. The van der Waals surface area contributed by atoms with Crippen molar-refractivity contribution in [3.8, 4) is 0 Å². The van der Waals surface area contributed by atoms with Crippen molar-refractivity contribution in [2.75, 3.05) is 4.34 Å². The van der Waals surface area contributed by atoms with Crippen LogP contribution in [0.1, 0.15) is 0 Å². The van der Waals surface area contributed by atoms with Gasteiger partial charge in [-0.05, 0) is 57.3 Å². The predicted octanol–water partition coefficient (Wildman–Crippen LogP) is 3.62. The van der Waals surface area contributed by atoms with Gasteiger partial charge in [-0.2, -0.15) is 0 Å². The van der Waals surface area contributed by atoms with E-state index in [1.807, 2.05) is 6.07 Å². The summed E-state index contributed by atoms with van der Waals surface area (Å²) in [4.78, 5) is 0. The average molecular weight is 424 g/mol. The van der Waals surface area contributed by atoms with Crippen LogP contribution in [0, 0.1) is 7.14 Å². The quantitative estimate of drug-likeness (QED) is 0.537. The molecule has 0 aromatic heterocycles. The molecule has 0 radical (unpaired) electrons. The van der Waals surface area contributed by atoms with Gasteiger partial charge in [-0.15, -0.1) is 0 Å². The van der Waals surface area contributed by atoms with Gasteiger partial charge in [0, 0.05) is 23.3 Å². The van der Waals surface area contributed by atoms with Crippen LogP contribution >= 0.6 is 61.3 Å². The summed E-state index contributed by atoms with van der Waals surface area (Å²) in [6.07, 6.45) is 0. The summed E-state index contributed by atoms with van der Waals surface area (Å²) >= 11 is 7.78. The molecule has 0 atom stereocenters. The van der Waals surface area contributed by atoms with E-state index >= 15 is 0 Å². The molecule has 1 aromatic carbocycles. The van der Waals surface area contributed by atoms with Crippen molar-refractivity contribution < 1.29 is 0 Å². The van der Waals surface area contributed by atoms with Crippen LogP contribution in [0.15, 0.2) is 18.2 Å². The fourth-order valence-corrected chi connectivity index (χ4v) is 3.54. The van der Waals surface area contributed by atoms with Gasteiger partial charge in [0.1, 0.15) is 0 Å². The number of anilines is 1. The molecule has 0 aliphatic rings. The van der Waals surface area contributed by atoms with Gasteiger partial charge in [-0.25, -0.2) is 0 Å². The maximum atomic E-state index is 3.20. The van der Waals surface area contributed by atoms with Gasteiger partial charge >= 0.3 is 0 Å². The molecule has 10 heavy (non-hydrogen) atoms. The third-order valence-corrected chi connectivity index (χ3v) is 3.25. The van der Waals surface area contributed by atoms with Crippen molar-refractivity contribution in [1.82, 2.24) is 0 Å². The van der Waals surface area contributed by atoms with Crippen molar-refractivity contribution in [2.45, 2.75) is 0 Å². The summed E-state index contributed by atoms with van der Waals surface area (Å²) in [5.41, 5.74) is 1.14. The molecule has 0 aliphatic heterocycles. The Labute approximate surface area is 95.6 Å². The zero-order valence-electron chi connectivity index (χ0n) is 4.87. The van der Waals surface area contributed by atoms with Gasteiger partial charge in [0.2, 0.25) is 0 Å². The van der Waals surface area contributed by atoms with Crippen LogP contribution in [0.5, 0.6) is 0 Å². The summed E-state index contributed by atoms with van der Waals surface area (Å²) in [7, 11) is 0. The van der Waals surface area contributed by atoms with Crippen LogP contribution < -0.4 is 4.34 Å². The van der Waals surface area contributed by atoms with Gasteiger partial charge < -0.3 is 4.34 Å². The van der Waals surface area contributed by atoms with Crippen molar-refractivity contribution >= 4 is 67.0 Å². The van der Waals surface area contributed by atoms with Gasteiger partial charge in [-0.3, -0.25) is 0 Å². The highest BCUT2D eigenvalue weighted by Gasteiger charge is 2.00. The zero-order valence-corrected chi connectivity index (χ0v) is 10.8. The second-order valence-corrected chi connectivity index (χ2v) is 4.41. The highest BCUT2D eigenvalue weighted by atomic mass is 127. The second kappa shape index (κ2) is 4.10. The lowest BCUT2D eigenvalue weighted by molar-refractivity contribution is 1.58. The SMILES string of the molecule is BrNc1c(I)cccc1I. The topological polar surface area (TPSA) is 12.0 Å². The fourth-order valence-electron chi connectivity index (χ4n) is 0.588. The van der Waals surface area contributed by atoms with Crippen molar-refractivity contribution in [3.05, 3.63) is 25.3 Å². The molecule has 0 bridgehead atoms. The van der Waals surface area contributed by atoms with Crippen molar-refractivity contribution in [3.63, 3.8) is 0 Å².